The van der Waals surface area contributed by atoms with Gasteiger partial charge in [-0.2, -0.15) is 0 Å². The third-order valence-electron chi connectivity index (χ3n) is 3.67. The summed E-state index contributed by atoms with van der Waals surface area (Å²) in [6, 6.07) is 2.53. The summed E-state index contributed by atoms with van der Waals surface area (Å²) in [6.07, 6.45) is 8.19. The number of nitrogens with zero attached hydrogens (tertiary/aromatic N) is 1. The molecular weight excluding hydrogens is 224 g/mol. The first-order valence-corrected chi connectivity index (χ1v) is 7.12. The molecule has 1 aromatic rings. The van der Waals surface area contributed by atoms with E-state index in [2.05, 4.69) is 24.9 Å². The molecule has 1 rings (SSSR count). The lowest BCUT2D eigenvalue weighted by Crippen LogP contribution is -2.37. The van der Waals surface area contributed by atoms with Crippen molar-refractivity contribution in [2.45, 2.75) is 58.5 Å². The van der Waals surface area contributed by atoms with Crippen molar-refractivity contribution in [2.75, 3.05) is 13.6 Å². The Balaban J connectivity index is 2.37. The van der Waals surface area contributed by atoms with E-state index in [1.54, 1.807) is 6.26 Å². The molecule has 0 aromatic carbocycles. The lowest BCUT2D eigenvalue weighted by atomic mass is 10.1. The summed E-state index contributed by atoms with van der Waals surface area (Å²) >= 11 is 0. The Morgan fingerprint density at radius 2 is 2.11 bits per heavy atom. The van der Waals surface area contributed by atoms with Crippen molar-refractivity contribution in [3.63, 3.8) is 0 Å². The Labute approximate surface area is 111 Å². The zero-order valence-corrected chi connectivity index (χ0v) is 12.1. The van der Waals surface area contributed by atoms with Crippen LogP contribution in [0.4, 0.5) is 0 Å². The average Bonchev–Trinajstić information content (AvgIpc) is 2.75. The summed E-state index contributed by atoms with van der Waals surface area (Å²) in [5.41, 5.74) is 7.16. The lowest BCUT2D eigenvalue weighted by molar-refractivity contribution is 0.221. The molecule has 2 N–H and O–H groups in total. The molecule has 104 valence electrons. The fraction of sp³-hybridized carbons (Fsp3) is 0.733. The number of likely N-dealkylation sites (N-methyl/N-ethyl adjacent to an activating group) is 1. The van der Waals surface area contributed by atoms with Gasteiger partial charge in [-0.05, 0) is 26.5 Å². The highest BCUT2D eigenvalue weighted by molar-refractivity contribution is 5.15. The SMILES string of the molecule is CCCCCCC(CN)N(C)Cc1ccoc1C. The lowest BCUT2D eigenvalue weighted by Gasteiger charge is -2.26. The predicted octanol–water partition coefficient (Wildman–Crippen LogP) is 3.32. The highest BCUT2D eigenvalue weighted by Crippen LogP contribution is 2.15. The quantitative estimate of drug-likeness (QED) is 0.686. The van der Waals surface area contributed by atoms with Gasteiger partial charge in [0.25, 0.3) is 0 Å². The summed E-state index contributed by atoms with van der Waals surface area (Å²) in [4.78, 5) is 2.35. The van der Waals surface area contributed by atoms with Gasteiger partial charge in [-0.25, -0.2) is 0 Å². The van der Waals surface area contributed by atoms with Crippen LogP contribution in [0.15, 0.2) is 16.7 Å². The summed E-state index contributed by atoms with van der Waals surface area (Å²) in [7, 11) is 2.16. The second-order valence-electron chi connectivity index (χ2n) is 5.16. The molecule has 18 heavy (non-hydrogen) atoms. The Hall–Kier alpha value is -0.800. The summed E-state index contributed by atoms with van der Waals surface area (Å²) < 4.78 is 5.33. The normalized spacial score (nSPS) is 13.2. The molecule has 0 bridgehead atoms. The van der Waals surface area contributed by atoms with Gasteiger partial charge in [-0.15, -0.1) is 0 Å². The molecule has 0 saturated heterocycles. The van der Waals surface area contributed by atoms with Crippen molar-refractivity contribution in [3.8, 4) is 0 Å². The number of unbranched alkanes of at least 4 members (excludes halogenated alkanes) is 3. The number of hydrogen-bond acceptors (Lipinski definition) is 3. The highest BCUT2D eigenvalue weighted by atomic mass is 16.3. The van der Waals surface area contributed by atoms with Crippen molar-refractivity contribution in [1.29, 1.82) is 0 Å². The fourth-order valence-corrected chi connectivity index (χ4v) is 2.30. The molecule has 0 aliphatic rings. The van der Waals surface area contributed by atoms with E-state index in [0.717, 1.165) is 18.8 Å². The fourth-order valence-electron chi connectivity index (χ4n) is 2.30. The molecule has 0 aliphatic heterocycles. The number of rotatable bonds is 9. The van der Waals surface area contributed by atoms with Gasteiger partial charge in [-0.1, -0.05) is 32.6 Å². The summed E-state index contributed by atoms with van der Waals surface area (Å²) in [5.74, 6) is 1.02. The van der Waals surface area contributed by atoms with Gasteiger partial charge >= 0.3 is 0 Å². The maximum atomic E-state index is 5.89. The van der Waals surface area contributed by atoms with Crippen molar-refractivity contribution >= 4 is 0 Å². The minimum absolute atomic E-state index is 0.483. The summed E-state index contributed by atoms with van der Waals surface area (Å²) in [6.45, 7) is 5.92. The van der Waals surface area contributed by atoms with E-state index >= 15 is 0 Å². The Kier molecular flexibility index (Phi) is 7.06. The standard InChI is InChI=1S/C15H28N2O/c1-4-5-6-7-8-15(11-16)17(3)12-14-9-10-18-13(14)2/h9-10,15H,4-8,11-12,16H2,1-3H3. The molecule has 0 fully saturated rings. The molecule has 0 amide bonds. The molecule has 0 spiro atoms. The van der Waals surface area contributed by atoms with E-state index in [-0.39, 0.29) is 0 Å². The van der Waals surface area contributed by atoms with Crippen LogP contribution < -0.4 is 5.73 Å². The summed E-state index contributed by atoms with van der Waals surface area (Å²) in [5, 5.41) is 0. The van der Waals surface area contributed by atoms with Crippen LogP contribution in [0, 0.1) is 6.92 Å². The number of hydrogen-bond donors (Lipinski definition) is 1. The zero-order chi connectivity index (χ0) is 13.4. The second-order valence-corrected chi connectivity index (χ2v) is 5.16. The minimum Gasteiger partial charge on any atom is -0.469 e. The van der Waals surface area contributed by atoms with Crippen LogP contribution in [0.2, 0.25) is 0 Å². The van der Waals surface area contributed by atoms with Crippen LogP contribution in [-0.2, 0) is 6.54 Å². The van der Waals surface area contributed by atoms with Crippen LogP contribution >= 0.6 is 0 Å². The van der Waals surface area contributed by atoms with Crippen LogP contribution in [0.25, 0.3) is 0 Å². The number of furan rings is 1. The monoisotopic (exact) mass is 252 g/mol. The Bertz CT molecular complexity index is 322. The third-order valence-corrected chi connectivity index (χ3v) is 3.67. The average molecular weight is 252 g/mol. The first kappa shape index (κ1) is 15.3. The van der Waals surface area contributed by atoms with Gasteiger partial charge in [0, 0.05) is 24.7 Å². The molecule has 0 saturated carbocycles. The molecule has 1 aromatic heterocycles. The van der Waals surface area contributed by atoms with Gasteiger partial charge in [0.05, 0.1) is 6.26 Å². The maximum absolute atomic E-state index is 5.89. The van der Waals surface area contributed by atoms with Gasteiger partial charge < -0.3 is 10.2 Å². The molecule has 1 atom stereocenters. The van der Waals surface area contributed by atoms with Crippen LogP contribution in [0.5, 0.6) is 0 Å². The van der Waals surface area contributed by atoms with Gasteiger partial charge in [0.2, 0.25) is 0 Å². The highest BCUT2D eigenvalue weighted by Gasteiger charge is 2.14. The zero-order valence-electron chi connectivity index (χ0n) is 12.1. The van der Waals surface area contributed by atoms with Crippen LogP contribution in [-0.4, -0.2) is 24.5 Å². The second kappa shape index (κ2) is 8.33. The molecule has 0 radical (unpaired) electrons. The van der Waals surface area contributed by atoms with Crippen molar-refractivity contribution < 1.29 is 4.42 Å². The van der Waals surface area contributed by atoms with Gasteiger partial charge in [-0.3, -0.25) is 4.90 Å². The van der Waals surface area contributed by atoms with E-state index in [1.807, 2.05) is 6.92 Å². The van der Waals surface area contributed by atoms with Crippen molar-refractivity contribution in [3.05, 3.63) is 23.7 Å². The predicted molar refractivity (Wildman–Crippen MR) is 76.5 cm³/mol. The molecule has 0 aliphatic carbocycles. The number of aryl methyl sites for hydroxylation is 1. The van der Waals surface area contributed by atoms with Gasteiger partial charge in [0.1, 0.15) is 5.76 Å². The molecular formula is C15H28N2O. The van der Waals surface area contributed by atoms with Crippen molar-refractivity contribution in [1.82, 2.24) is 4.90 Å². The van der Waals surface area contributed by atoms with E-state index in [1.165, 1.54) is 37.7 Å². The molecule has 3 nitrogen and oxygen atoms in total. The van der Waals surface area contributed by atoms with Crippen LogP contribution in [0.1, 0.15) is 50.4 Å². The maximum Gasteiger partial charge on any atom is 0.105 e. The van der Waals surface area contributed by atoms with Gasteiger partial charge in [0.15, 0.2) is 0 Å². The van der Waals surface area contributed by atoms with Crippen LogP contribution in [0.3, 0.4) is 0 Å². The Morgan fingerprint density at radius 3 is 2.67 bits per heavy atom. The number of nitrogens with two attached hydrogens (primary N) is 1. The first-order valence-electron chi connectivity index (χ1n) is 7.12. The molecule has 3 heteroatoms. The van der Waals surface area contributed by atoms with E-state index in [4.69, 9.17) is 10.2 Å². The van der Waals surface area contributed by atoms with E-state index in [0.29, 0.717) is 6.04 Å². The minimum atomic E-state index is 0.483. The van der Waals surface area contributed by atoms with Crippen molar-refractivity contribution in [2.24, 2.45) is 5.73 Å². The third kappa shape index (κ3) is 4.83. The molecule has 1 unspecified atom stereocenters. The topological polar surface area (TPSA) is 42.4 Å². The Morgan fingerprint density at radius 1 is 1.33 bits per heavy atom. The molecule has 1 heterocycles. The first-order chi connectivity index (χ1) is 8.69. The van der Waals surface area contributed by atoms with E-state index < -0.39 is 0 Å². The smallest absolute Gasteiger partial charge is 0.105 e. The van der Waals surface area contributed by atoms with E-state index in [9.17, 15) is 0 Å². The largest absolute Gasteiger partial charge is 0.469 e.